The molecule has 0 heterocycles. The highest BCUT2D eigenvalue weighted by atomic mass is 15.1. The van der Waals surface area contributed by atoms with Gasteiger partial charge in [0.2, 0.25) is 0 Å². The molecule has 1 heteroatoms. The summed E-state index contributed by atoms with van der Waals surface area (Å²) < 4.78 is 0. The molecule has 0 aliphatic carbocycles. The van der Waals surface area contributed by atoms with Crippen LogP contribution in [0.25, 0.3) is 0 Å². The standard InChI is InChI=1S/C29H43N/c1-2-3-4-5-6-7-8-9-10-11-12-13-20-25-30(26-28-21-16-14-17-22-28)27-29-23-18-15-19-24-29/h5-6,14-19,21-24H,2-4,7-13,20,25-27H2,1H3/b6-5+. The lowest BCUT2D eigenvalue weighted by atomic mass is 10.1. The van der Waals surface area contributed by atoms with Crippen LogP contribution in [0.4, 0.5) is 0 Å². The molecule has 0 spiro atoms. The van der Waals surface area contributed by atoms with Crippen molar-refractivity contribution < 1.29 is 0 Å². The fourth-order valence-electron chi connectivity index (χ4n) is 3.94. The minimum Gasteiger partial charge on any atom is -0.295 e. The van der Waals surface area contributed by atoms with Gasteiger partial charge in [-0.3, -0.25) is 4.90 Å². The molecule has 0 atom stereocenters. The maximum Gasteiger partial charge on any atom is 0.0237 e. The third kappa shape index (κ3) is 12.0. The molecule has 0 bridgehead atoms. The highest BCUT2D eigenvalue weighted by Gasteiger charge is 2.07. The van der Waals surface area contributed by atoms with E-state index in [4.69, 9.17) is 0 Å². The van der Waals surface area contributed by atoms with E-state index in [0.29, 0.717) is 0 Å². The third-order valence-corrected chi connectivity index (χ3v) is 5.73. The monoisotopic (exact) mass is 405 g/mol. The molecule has 2 aromatic carbocycles. The van der Waals surface area contributed by atoms with Gasteiger partial charge in [-0.25, -0.2) is 0 Å². The van der Waals surface area contributed by atoms with E-state index in [1.165, 1.54) is 88.3 Å². The van der Waals surface area contributed by atoms with Crippen LogP contribution < -0.4 is 0 Å². The van der Waals surface area contributed by atoms with Crippen molar-refractivity contribution in [1.29, 1.82) is 0 Å². The molecular weight excluding hydrogens is 362 g/mol. The van der Waals surface area contributed by atoms with Gasteiger partial charge in [0.25, 0.3) is 0 Å². The summed E-state index contributed by atoms with van der Waals surface area (Å²) >= 11 is 0. The lowest BCUT2D eigenvalue weighted by molar-refractivity contribution is 0.250. The summed E-state index contributed by atoms with van der Waals surface area (Å²) in [6.07, 6.45) is 19.6. The number of hydrogen-bond donors (Lipinski definition) is 0. The SMILES string of the molecule is CCCC/C=C/CCCCCCCCCN(Cc1ccccc1)Cc1ccccc1. The second kappa shape index (κ2) is 16.9. The van der Waals surface area contributed by atoms with Crippen molar-refractivity contribution in [2.75, 3.05) is 6.54 Å². The van der Waals surface area contributed by atoms with Crippen LogP contribution in [0.5, 0.6) is 0 Å². The Hall–Kier alpha value is -1.86. The first kappa shape index (κ1) is 24.4. The summed E-state index contributed by atoms with van der Waals surface area (Å²) in [7, 11) is 0. The van der Waals surface area contributed by atoms with Gasteiger partial charge in [0.1, 0.15) is 0 Å². The highest BCUT2D eigenvalue weighted by Crippen LogP contribution is 2.13. The van der Waals surface area contributed by atoms with E-state index in [2.05, 4.69) is 84.6 Å². The first-order valence-corrected chi connectivity index (χ1v) is 12.3. The molecule has 164 valence electrons. The Balaban J connectivity index is 1.58. The zero-order chi connectivity index (χ0) is 21.1. The van der Waals surface area contributed by atoms with Crippen LogP contribution >= 0.6 is 0 Å². The van der Waals surface area contributed by atoms with E-state index in [0.717, 1.165) is 13.1 Å². The van der Waals surface area contributed by atoms with Gasteiger partial charge in [0.15, 0.2) is 0 Å². The average Bonchev–Trinajstić information content (AvgIpc) is 2.78. The quantitative estimate of drug-likeness (QED) is 0.188. The van der Waals surface area contributed by atoms with Crippen molar-refractivity contribution in [3.05, 3.63) is 83.9 Å². The molecule has 0 amide bonds. The fraction of sp³-hybridized carbons (Fsp3) is 0.517. The van der Waals surface area contributed by atoms with E-state index >= 15 is 0 Å². The Kier molecular flexibility index (Phi) is 13.7. The predicted octanol–water partition coefficient (Wildman–Crippen LogP) is 8.56. The fourth-order valence-corrected chi connectivity index (χ4v) is 3.94. The normalized spacial score (nSPS) is 11.5. The number of hydrogen-bond acceptors (Lipinski definition) is 1. The smallest absolute Gasteiger partial charge is 0.0237 e. The van der Waals surface area contributed by atoms with Crippen LogP contribution in [0.1, 0.15) is 88.7 Å². The Morgan fingerprint density at radius 1 is 0.567 bits per heavy atom. The molecular formula is C29H43N. The zero-order valence-corrected chi connectivity index (χ0v) is 19.3. The van der Waals surface area contributed by atoms with Crippen LogP contribution in [0, 0.1) is 0 Å². The molecule has 0 aromatic heterocycles. The van der Waals surface area contributed by atoms with E-state index in [1.807, 2.05) is 0 Å². The third-order valence-electron chi connectivity index (χ3n) is 5.73. The van der Waals surface area contributed by atoms with Gasteiger partial charge in [-0.2, -0.15) is 0 Å². The maximum absolute atomic E-state index is 2.61. The molecule has 0 fully saturated rings. The van der Waals surface area contributed by atoms with Gasteiger partial charge in [0.05, 0.1) is 0 Å². The van der Waals surface area contributed by atoms with Gasteiger partial charge >= 0.3 is 0 Å². The highest BCUT2D eigenvalue weighted by molar-refractivity contribution is 5.17. The topological polar surface area (TPSA) is 3.24 Å². The average molecular weight is 406 g/mol. The minimum atomic E-state index is 1.04. The largest absolute Gasteiger partial charge is 0.295 e. The molecule has 0 unspecified atom stereocenters. The van der Waals surface area contributed by atoms with E-state index in [9.17, 15) is 0 Å². The molecule has 0 saturated heterocycles. The van der Waals surface area contributed by atoms with E-state index < -0.39 is 0 Å². The summed E-state index contributed by atoms with van der Waals surface area (Å²) in [6, 6.07) is 21.8. The molecule has 0 radical (unpaired) electrons. The van der Waals surface area contributed by atoms with Crippen LogP contribution in [0.3, 0.4) is 0 Å². The Labute approximate surface area is 186 Å². The second-order valence-electron chi connectivity index (χ2n) is 8.56. The van der Waals surface area contributed by atoms with Crippen molar-refractivity contribution in [1.82, 2.24) is 4.90 Å². The van der Waals surface area contributed by atoms with Gasteiger partial charge in [-0.1, -0.05) is 125 Å². The van der Waals surface area contributed by atoms with Crippen molar-refractivity contribution in [2.24, 2.45) is 0 Å². The van der Waals surface area contributed by atoms with Crippen molar-refractivity contribution in [2.45, 2.75) is 90.6 Å². The molecule has 0 aliphatic heterocycles. The molecule has 0 saturated carbocycles. The lowest BCUT2D eigenvalue weighted by Crippen LogP contribution is -2.24. The maximum atomic E-state index is 2.61. The zero-order valence-electron chi connectivity index (χ0n) is 19.3. The van der Waals surface area contributed by atoms with Crippen LogP contribution in [0.2, 0.25) is 0 Å². The van der Waals surface area contributed by atoms with Crippen LogP contribution in [-0.2, 0) is 13.1 Å². The minimum absolute atomic E-state index is 1.04. The summed E-state index contributed by atoms with van der Waals surface area (Å²) in [5.74, 6) is 0. The van der Waals surface area contributed by atoms with Crippen molar-refractivity contribution >= 4 is 0 Å². The van der Waals surface area contributed by atoms with E-state index in [1.54, 1.807) is 0 Å². The van der Waals surface area contributed by atoms with Gasteiger partial charge < -0.3 is 0 Å². The lowest BCUT2D eigenvalue weighted by Gasteiger charge is -2.22. The van der Waals surface area contributed by atoms with Crippen LogP contribution in [-0.4, -0.2) is 11.4 Å². The van der Waals surface area contributed by atoms with E-state index in [-0.39, 0.29) is 0 Å². The molecule has 0 aliphatic rings. The molecule has 2 aromatic rings. The Morgan fingerprint density at radius 3 is 1.57 bits per heavy atom. The molecule has 2 rings (SSSR count). The number of benzene rings is 2. The van der Waals surface area contributed by atoms with Gasteiger partial charge in [-0.05, 0) is 43.4 Å². The molecule has 0 N–H and O–H groups in total. The van der Waals surface area contributed by atoms with Crippen molar-refractivity contribution in [3.63, 3.8) is 0 Å². The molecule has 1 nitrogen and oxygen atoms in total. The first-order valence-electron chi connectivity index (χ1n) is 12.3. The first-order chi connectivity index (χ1) is 14.9. The summed E-state index contributed by atoms with van der Waals surface area (Å²) in [5.41, 5.74) is 2.83. The number of allylic oxidation sites excluding steroid dienone is 2. The summed E-state index contributed by atoms with van der Waals surface area (Å²) in [6.45, 7) is 5.54. The number of unbranched alkanes of at least 4 members (excludes halogenated alkanes) is 9. The summed E-state index contributed by atoms with van der Waals surface area (Å²) in [4.78, 5) is 2.61. The molecule has 30 heavy (non-hydrogen) atoms. The Morgan fingerprint density at radius 2 is 1.03 bits per heavy atom. The second-order valence-corrected chi connectivity index (χ2v) is 8.56. The summed E-state index contributed by atoms with van der Waals surface area (Å²) in [5, 5.41) is 0. The van der Waals surface area contributed by atoms with Gasteiger partial charge in [0, 0.05) is 13.1 Å². The van der Waals surface area contributed by atoms with Gasteiger partial charge in [-0.15, -0.1) is 0 Å². The van der Waals surface area contributed by atoms with Crippen LogP contribution in [0.15, 0.2) is 72.8 Å². The number of nitrogens with zero attached hydrogens (tertiary/aromatic N) is 1. The Bertz CT molecular complexity index is 605. The van der Waals surface area contributed by atoms with Crippen molar-refractivity contribution in [3.8, 4) is 0 Å². The predicted molar refractivity (Wildman–Crippen MR) is 133 cm³/mol. The number of rotatable bonds is 17.